The highest BCUT2D eigenvalue weighted by Crippen LogP contribution is 2.33. The summed E-state index contributed by atoms with van der Waals surface area (Å²) in [5.41, 5.74) is 9.82. The summed E-state index contributed by atoms with van der Waals surface area (Å²) >= 11 is 5.08. The van der Waals surface area contributed by atoms with E-state index in [4.69, 9.17) is 5.73 Å². The summed E-state index contributed by atoms with van der Waals surface area (Å²) in [5.74, 6) is 0. The average molecular weight is 334 g/mol. The Labute approximate surface area is 123 Å². The number of halogens is 1. The highest BCUT2D eigenvalue weighted by Gasteiger charge is 2.12. The number of benzene rings is 1. The number of hydrogen-bond donors (Lipinski definition) is 1. The molecule has 2 aromatic heterocycles. The van der Waals surface area contributed by atoms with Crippen molar-refractivity contribution >= 4 is 33.0 Å². The van der Waals surface area contributed by atoms with Crippen molar-refractivity contribution in [3.05, 3.63) is 51.9 Å². The van der Waals surface area contributed by atoms with Crippen LogP contribution in [0.25, 0.3) is 16.3 Å². The van der Waals surface area contributed by atoms with Gasteiger partial charge in [-0.3, -0.25) is 0 Å². The van der Waals surface area contributed by atoms with Crippen LogP contribution in [0.2, 0.25) is 0 Å². The lowest BCUT2D eigenvalue weighted by Gasteiger charge is -2.04. The summed E-state index contributed by atoms with van der Waals surface area (Å²) < 4.78 is 2.89. The van der Waals surface area contributed by atoms with Crippen LogP contribution in [-0.4, -0.2) is 9.78 Å². The molecule has 0 unspecified atom stereocenters. The normalized spacial score (nSPS) is 10.8. The standard InChI is InChI=1S/C14H12BrN3S/c1-9-4-2-3-5-12(9)18-7-11(16)14(17-18)13-6-10(15)8-19-13/h2-8H,16H2,1H3. The first kappa shape index (κ1) is 12.4. The van der Waals surface area contributed by atoms with Crippen LogP contribution in [0.1, 0.15) is 5.56 Å². The number of rotatable bonds is 2. The molecule has 3 aromatic rings. The third kappa shape index (κ3) is 2.31. The van der Waals surface area contributed by atoms with Gasteiger partial charge in [0.15, 0.2) is 0 Å². The predicted octanol–water partition coefficient (Wildman–Crippen LogP) is 4.25. The quantitative estimate of drug-likeness (QED) is 0.761. The zero-order valence-corrected chi connectivity index (χ0v) is 12.7. The van der Waals surface area contributed by atoms with Crippen molar-refractivity contribution in [2.75, 3.05) is 5.73 Å². The Morgan fingerprint density at radius 3 is 2.79 bits per heavy atom. The number of aromatic nitrogens is 2. The molecule has 0 aliphatic heterocycles. The van der Waals surface area contributed by atoms with Crippen LogP contribution < -0.4 is 5.73 Å². The molecule has 19 heavy (non-hydrogen) atoms. The number of nitrogen functional groups attached to an aromatic ring is 1. The first-order valence-corrected chi connectivity index (χ1v) is 7.48. The average Bonchev–Trinajstić information content (AvgIpc) is 2.96. The summed E-state index contributed by atoms with van der Waals surface area (Å²) in [4.78, 5) is 1.07. The fourth-order valence-electron chi connectivity index (χ4n) is 1.96. The van der Waals surface area contributed by atoms with Crippen LogP contribution in [0.3, 0.4) is 0 Å². The van der Waals surface area contributed by atoms with E-state index in [9.17, 15) is 0 Å². The van der Waals surface area contributed by atoms with Gasteiger partial charge in [-0.1, -0.05) is 18.2 Å². The Morgan fingerprint density at radius 1 is 1.32 bits per heavy atom. The van der Waals surface area contributed by atoms with Gasteiger partial charge in [-0.15, -0.1) is 11.3 Å². The van der Waals surface area contributed by atoms with Crippen molar-refractivity contribution in [3.63, 3.8) is 0 Å². The Balaban J connectivity index is 2.10. The smallest absolute Gasteiger partial charge is 0.126 e. The number of aryl methyl sites for hydroxylation is 1. The van der Waals surface area contributed by atoms with E-state index in [-0.39, 0.29) is 0 Å². The molecule has 1 aromatic carbocycles. The Morgan fingerprint density at radius 2 is 2.11 bits per heavy atom. The molecular formula is C14H12BrN3S. The van der Waals surface area contributed by atoms with Gasteiger partial charge in [0, 0.05) is 9.85 Å². The molecule has 3 nitrogen and oxygen atoms in total. The largest absolute Gasteiger partial charge is 0.396 e. The molecule has 0 saturated carbocycles. The maximum absolute atomic E-state index is 6.08. The monoisotopic (exact) mass is 333 g/mol. The molecule has 0 aliphatic carbocycles. The number of thiophene rings is 1. The van der Waals surface area contributed by atoms with Gasteiger partial charge in [-0.25, -0.2) is 4.68 Å². The number of hydrogen-bond acceptors (Lipinski definition) is 3. The van der Waals surface area contributed by atoms with E-state index in [2.05, 4.69) is 34.0 Å². The van der Waals surface area contributed by atoms with Crippen molar-refractivity contribution in [2.24, 2.45) is 0 Å². The fraction of sp³-hybridized carbons (Fsp3) is 0.0714. The van der Waals surface area contributed by atoms with Gasteiger partial charge in [-0.05, 0) is 40.5 Å². The van der Waals surface area contributed by atoms with E-state index in [0.29, 0.717) is 5.69 Å². The third-order valence-corrected chi connectivity index (χ3v) is 4.60. The molecule has 0 atom stereocenters. The summed E-state index contributed by atoms with van der Waals surface area (Å²) in [6.45, 7) is 2.06. The van der Waals surface area contributed by atoms with Crippen LogP contribution in [0, 0.1) is 6.92 Å². The molecule has 0 bridgehead atoms. The second-order valence-corrected chi connectivity index (χ2v) is 6.12. The van der Waals surface area contributed by atoms with Gasteiger partial charge >= 0.3 is 0 Å². The van der Waals surface area contributed by atoms with Crippen molar-refractivity contribution in [1.82, 2.24) is 9.78 Å². The zero-order chi connectivity index (χ0) is 13.4. The summed E-state index contributed by atoms with van der Waals surface area (Å²) in [6, 6.07) is 10.2. The highest BCUT2D eigenvalue weighted by molar-refractivity contribution is 9.10. The third-order valence-electron chi connectivity index (χ3n) is 2.91. The zero-order valence-electron chi connectivity index (χ0n) is 10.3. The van der Waals surface area contributed by atoms with E-state index in [0.717, 1.165) is 20.7 Å². The predicted molar refractivity (Wildman–Crippen MR) is 83.7 cm³/mol. The fourth-order valence-corrected chi connectivity index (χ4v) is 3.39. The SMILES string of the molecule is Cc1ccccc1-n1cc(N)c(-c2cc(Br)cs2)n1. The van der Waals surface area contributed by atoms with Gasteiger partial charge in [0.2, 0.25) is 0 Å². The Kier molecular flexibility index (Phi) is 3.16. The van der Waals surface area contributed by atoms with E-state index in [1.165, 1.54) is 5.56 Å². The molecule has 2 N–H and O–H groups in total. The molecule has 0 spiro atoms. The minimum atomic E-state index is 0.692. The molecule has 96 valence electrons. The van der Waals surface area contributed by atoms with E-state index >= 15 is 0 Å². The Hall–Kier alpha value is -1.59. The minimum absolute atomic E-state index is 0.692. The number of para-hydroxylation sites is 1. The van der Waals surface area contributed by atoms with Crippen LogP contribution in [-0.2, 0) is 0 Å². The van der Waals surface area contributed by atoms with Gasteiger partial charge in [-0.2, -0.15) is 5.10 Å². The van der Waals surface area contributed by atoms with Crippen LogP contribution >= 0.6 is 27.3 Å². The molecule has 5 heteroatoms. The van der Waals surface area contributed by atoms with Gasteiger partial charge < -0.3 is 5.73 Å². The van der Waals surface area contributed by atoms with E-state index in [1.54, 1.807) is 11.3 Å². The minimum Gasteiger partial charge on any atom is -0.396 e. The molecule has 0 aliphatic rings. The molecular weight excluding hydrogens is 322 g/mol. The summed E-state index contributed by atoms with van der Waals surface area (Å²) in [6.07, 6.45) is 1.87. The maximum atomic E-state index is 6.08. The Bertz CT molecular complexity index is 730. The lowest BCUT2D eigenvalue weighted by Crippen LogP contribution is -1.97. The number of nitrogens with zero attached hydrogens (tertiary/aromatic N) is 2. The maximum Gasteiger partial charge on any atom is 0.126 e. The van der Waals surface area contributed by atoms with Gasteiger partial charge in [0.05, 0.1) is 22.4 Å². The molecule has 3 rings (SSSR count). The topological polar surface area (TPSA) is 43.8 Å². The van der Waals surface area contributed by atoms with Crippen molar-refractivity contribution < 1.29 is 0 Å². The first-order valence-electron chi connectivity index (χ1n) is 5.80. The molecule has 2 heterocycles. The van der Waals surface area contributed by atoms with Crippen molar-refractivity contribution in [2.45, 2.75) is 6.92 Å². The number of anilines is 1. The second-order valence-electron chi connectivity index (χ2n) is 4.29. The van der Waals surface area contributed by atoms with Gasteiger partial charge in [0.1, 0.15) is 5.69 Å². The molecule has 0 fully saturated rings. The van der Waals surface area contributed by atoms with Crippen LogP contribution in [0.15, 0.2) is 46.4 Å². The van der Waals surface area contributed by atoms with Gasteiger partial charge in [0.25, 0.3) is 0 Å². The second kappa shape index (κ2) is 4.83. The lowest BCUT2D eigenvalue weighted by atomic mass is 10.2. The van der Waals surface area contributed by atoms with Crippen LogP contribution in [0.4, 0.5) is 5.69 Å². The number of nitrogens with two attached hydrogens (primary N) is 1. The highest BCUT2D eigenvalue weighted by atomic mass is 79.9. The van der Waals surface area contributed by atoms with Crippen molar-refractivity contribution in [1.29, 1.82) is 0 Å². The summed E-state index contributed by atoms with van der Waals surface area (Å²) in [5, 5.41) is 6.64. The molecule has 0 amide bonds. The lowest BCUT2D eigenvalue weighted by molar-refractivity contribution is 0.877. The first-order chi connectivity index (χ1) is 9.15. The summed E-state index contributed by atoms with van der Waals surface area (Å²) in [7, 11) is 0. The van der Waals surface area contributed by atoms with E-state index in [1.807, 2.05) is 40.5 Å². The van der Waals surface area contributed by atoms with Crippen LogP contribution in [0.5, 0.6) is 0 Å². The molecule has 0 radical (unpaired) electrons. The van der Waals surface area contributed by atoms with E-state index < -0.39 is 0 Å². The van der Waals surface area contributed by atoms with Crippen molar-refractivity contribution in [3.8, 4) is 16.3 Å². The molecule has 0 saturated heterocycles.